The summed E-state index contributed by atoms with van der Waals surface area (Å²) in [5.74, 6) is 0. The summed E-state index contributed by atoms with van der Waals surface area (Å²) in [7, 11) is -2.09. The third-order valence-corrected chi connectivity index (χ3v) is 3.69. The van der Waals surface area contributed by atoms with E-state index in [0.29, 0.717) is 6.07 Å². The van der Waals surface area contributed by atoms with Crippen molar-refractivity contribution in [2.45, 2.75) is 11.3 Å². The maximum Gasteiger partial charge on any atom is 0.488 e. The van der Waals surface area contributed by atoms with Crippen molar-refractivity contribution < 1.29 is 23.2 Å². The lowest BCUT2D eigenvalue weighted by molar-refractivity contribution is -0.137. The lowest BCUT2D eigenvalue weighted by Gasteiger charge is -2.15. The zero-order valence-electron chi connectivity index (χ0n) is 12.0. The molecule has 6 nitrogen and oxygen atoms in total. The molecule has 0 radical (unpaired) electrons. The summed E-state index contributed by atoms with van der Waals surface area (Å²) >= 11 is 0.995. The maximum atomic E-state index is 13.3. The number of halogens is 3. The van der Waals surface area contributed by atoms with Gasteiger partial charge in [-0.2, -0.15) is 18.4 Å². The summed E-state index contributed by atoms with van der Waals surface area (Å²) in [6.45, 7) is 0. The largest absolute Gasteiger partial charge is 0.488 e. The molecule has 0 aliphatic rings. The van der Waals surface area contributed by atoms with Crippen LogP contribution < -0.4 is 11.0 Å². The fourth-order valence-corrected chi connectivity index (χ4v) is 2.39. The highest BCUT2D eigenvalue weighted by molar-refractivity contribution is 7.98. The first-order valence-electron chi connectivity index (χ1n) is 6.35. The van der Waals surface area contributed by atoms with Gasteiger partial charge in [0.15, 0.2) is 5.16 Å². The highest BCUT2D eigenvalue weighted by atomic mass is 32.2. The van der Waals surface area contributed by atoms with Crippen molar-refractivity contribution in [1.29, 1.82) is 5.26 Å². The van der Waals surface area contributed by atoms with Crippen LogP contribution in [0.25, 0.3) is 11.3 Å². The number of rotatable bonds is 3. The second kappa shape index (κ2) is 6.68. The Morgan fingerprint density at radius 1 is 1.38 bits per heavy atom. The number of nitrogens with zero attached hydrogens (tertiary/aromatic N) is 2. The molecule has 0 spiro atoms. The average Bonchev–Trinajstić information content (AvgIpc) is 2.52. The first kappa shape index (κ1) is 18.1. The van der Waals surface area contributed by atoms with Crippen molar-refractivity contribution in [2.75, 3.05) is 6.26 Å². The topological polar surface area (TPSA) is 110 Å². The van der Waals surface area contributed by atoms with Crippen LogP contribution in [0, 0.1) is 11.3 Å². The molecule has 11 heteroatoms. The zero-order chi connectivity index (χ0) is 18.1. The number of nitriles is 1. The number of aromatic amines is 1. The van der Waals surface area contributed by atoms with Gasteiger partial charge in [-0.3, -0.25) is 4.79 Å². The minimum absolute atomic E-state index is 0.0494. The van der Waals surface area contributed by atoms with Crippen LogP contribution in [0.4, 0.5) is 13.2 Å². The van der Waals surface area contributed by atoms with Crippen molar-refractivity contribution in [3.63, 3.8) is 0 Å². The van der Waals surface area contributed by atoms with Gasteiger partial charge in [-0.15, -0.1) is 0 Å². The highest BCUT2D eigenvalue weighted by Gasteiger charge is 2.36. The molecule has 0 aliphatic heterocycles. The van der Waals surface area contributed by atoms with Crippen LogP contribution in [0.1, 0.15) is 11.1 Å². The Bertz CT molecular complexity index is 877. The van der Waals surface area contributed by atoms with Crippen LogP contribution in [-0.2, 0) is 6.18 Å². The fraction of sp³-hybridized carbons (Fsp3) is 0.154. The summed E-state index contributed by atoms with van der Waals surface area (Å²) in [5, 5.41) is 27.3. The van der Waals surface area contributed by atoms with E-state index in [2.05, 4.69) is 9.97 Å². The molecule has 0 bridgehead atoms. The average molecular weight is 355 g/mol. The maximum absolute atomic E-state index is 13.3. The van der Waals surface area contributed by atoms with Gasteiger partial charge < -0.3 is 15.0 Å². The smallest absolute Gasteiger partial charge is 0.423 e. The van der Waals surface area contributed by atoms with Gasteiger partial charge in [0.2, 0.25) is 0 Å². The van der Waals surface area contributed by atoms with Gasteiger partial charge in [0.05, 0.1) is 11.3 Å². The Labute approximate surface area is 138 Å². The van der Waals surface area contributed by atoms with Gasteiger partial charge in [-0.05, 0) is 17.8 Å². The molecule has 0 saturated heterocycles. The number of alkyl halides is 3. The lowest BCUT2D eigenvalue weighted by atomic mass is 9.78. The lowest BCUT2D eigenvalue weighted by Crippen LogP contribution is -2.31. The molecule has 1 aromatic heterocycles. The van der Waals surface area contributed by atoms with E-state index in [1.165, 1.54) is 0 Å². The SMILES string of the molecule is CSc1nc(-c2ccc(B(O)O)cc2C(F)(F)F)c(C#N)c(=O)[nH]1. The van der Waals surface area contributed by atoms with Crippen molar-refractivity contribution in [1.82, 2.24) is 9.97 Å². The first-order chi connectivity index (χ1) is 11.2. The molecule has 0 saturated carbocycles. The van der Waals surface area contributed by atoms with Crippen LogP contribution in [0.5, 0.6) is 0 Å². The van der Waals surface area contributed by atoms with E-state index in [1.807, 2.05) is 0 Å². The molecule has 0 unspecified atom stereocenters. The van der Waals surface area contributed by atoms with Gasteiger partial charge in [0.25, 0.3) is 5.56 Å². The van der Waals surface area contributed by atoms with Gasteiger partial charge in [0.1, 0.15) is 11.6 Å². The molecule has 1 aromatic carbocycles. The Morgan fingerprint density at radius 2 is 2.04 bits per heavy atom. The molecular formula is C13H9BF3N3O3S. The number of hydrogen-bond donors (Lipinski definition) is 3. The van der Waals surface area contributed by atoms with Gasteiger partial charge >= 0.3 is 13.3 Å². The van der Waals surface area contributed by atoms with Gasteiger partial charge in [0, 0.05) is 5.56 Å². The van der Waals surface area contributed by atoms with E-state index < -0.39 is 41.2 Å². The summed E-state index contributed by atoms with van der Waals surface area (Å²) in [6, 6.07) is 4.09. The third kappa shape index (κ3) is 3.45. The predicted octanol–water partition coefficient (Wildman–Crippen LogP) is 0.729. The predicted molar refractivity (Wildman–Crippen MR) is 81.6 cm³/mol. The number of aromatic nitrogens is 2. The van der Waals surface area contributed by atoms with Gasteiger partial charge in [-0.25, -0.2) is 4.98 Å². The van der Waals surface area contributed by atoms with Crippen LogP contribution in [0.15, 0.2) is 28.2 Å². The second-order valence-electron chi connectivity index (χ2n) is 4.59. The standard InChI is InChI=1S/C13H9BF3N3O3S/c1-24-12-19-10(8(5-18)11(21)20-12)7-3-2-6(14(22)23)4-9(7)13(15,16)17/h2-4,22-23H,1H3,(H,19,20,21). The van der Waals surface area contributed by atoms with E-state index in [-0.39, 0.29) is 10.6 Å². The quantitative estimate of drug-likeness (QED) is 0.425. The van der Waals surface area contributed by atoms with Crippen molar-refractivity contribution in [2.24, 2.45) is 0 Å². The summed E-state index contributed by atoms with van der Waals surface area (Å²) in [6.07, 6.45) is -3.29. The first-order valence-corrected chi connectivity index (χ1v) is 7.57. The van der Waals surface area contributed by atoms with Crippen LogP contribution in [-0.4, -0.2) is 33.4 Å². The molecule has 2 rings (SSSR count). The molecule has 0 amide bonds. The molecule has 0 fully saturated rings. The minimum atomic E-state index is -4.85. The minimum Gasteiger partial charge on any atom is -0.423 e. The summed E-state index contributed by atoms with van der Waals surface area (Å²) in [5.41, 5.74) is -3.93. The number of benzene rings is 1. The van der Waals surface area contributed by atoms with E-state index in [1.54, 1.807) is 12.3 Å². The van der Waals surface area contributed by atoms with Crippen molar-refractivity contribution in [3.05, 3.63) is 39.7 Å². The van der Waals surface area contributed by atoms with E-state index in [4.69, 9.17) is 15.3 Å². The number of hydrogen-bond acceptors (Lipinski definition) is 6. The number of H-pyrrole nitrogens is 1. The Hall–Kier alpha value is -2.29. The summed E-state index contributed by atoms with van der Waals surface area (Å²) in [4.78, 5) is 18.1. The van der Waals surface area contributed by atoms with Crippen molar-refractivity contribution >= 4 is 24.3 Å². The van der Waals surface area contributed by atoms with Crippen LogP contribution >= 0.6 is 11.8 Å². The van der Waals surface area contributed by atoms with E-state index in [9.17, 15) is 18.0 Å². The number of thioether (sulfide) groups is 1. The molecule has 1 heterocycles. The van der Waals surface area contributed by atoms with Crippen molar-refractivity contribution in [3.8, 4) is 17.3 Å². The molecule has 0 aliphatic carbocycles. The van der Waals surface area contributed by atoms with Crippen LogP contribution in [0.2, 0.25) is 0 Å². The highest BCUT2D eigenvalue weighted by Crippen LogP contribution is 2.36. The van der Waals surface area contributed by atoms with E-state index in [0.717, 1.165) is 23.9 Å². The monoisotopic (exact) mass is 355 g/mol. The number of nitrogens with one attached hydrogen (secondary N) is 1. The van der Waals surface area contributed by atoms with Crippen LogP contribution in [0.3, 0.4) is 0 Å². The summed E-state index contributed by atoms with van der Waals surface area (Å²) < 4.78 is 40.0. The van der Waals surface area contributed by atoms with Gasteiger partial charge in [-0.1, -0.05) is 23.9 Å². The molecular weight excluding hydrogens is 346 g/mol. The second-order valence-corrected chi connectivity index (χ2v) is 5.38. The Morgan fingerprint density at radius 3 is 2.54 bits per heavy atom. The van der Waals surface area contributed by atoms with E-state index >= 15 is 0 Å². The zero-order valence-corrected chi connectivity index (χ0v) is 12.9. The fourth-order valence-electron chi connectivity index (χ4n) is 2.01. The molecule has 0 atom stereocenters. The normalized spacial score (nSPS) is 11.2. The Kier molecular flexibility index (Phi) is 5.03. The molecule has 124 valence electrons. The molecule has 24 heavy (non-hydrogen) atoms. The third-order valence-electron chi connectivity index (χ3n) is 3.11. The molecule has 3 N–H and O–H groups in total. The molecule has 2 aromatic rings. The Balaban J connectivity index is 2.85.